The number of halogens is 3. The zero-order valence-electron chi connectivity index (χ0n) is 16.8. The second kappa shape index (κ2) is 7.88. The van der Waals surface area contributed by atoms with Crippen LogP contribution in [0.4, 0.5) is 29.7 Å². The summed E-state index contributed by atoms with van der Waals surface area (Å²) in [6.45, 7) is 1.57. The molecule has 0 aromatic heterocycles. The quantitative estimate of drug-likeness (QED) is 0.635. The van der Waals surface area contributed by atoms with E-state index in [2.05, 4.69) is 16.0 Å². The highest BCUT2D eigenvalue weighted by molar-refractivity contribution is 6.30. The first-order valence-electron chi connectivity index (χ1n) is 9.65. The Morgan fingerprint density at radius 1 is 1.35 bits per heavy atom. The SMILES string of the molecule is CN1C(=O)NCc2c(NC(=O)N[C@@H]3C[C@](C)(C(F)F)Oc4cc(Cl)ccc43)cccc21. The van der Waals surface area contributed by atoms with Crippen molar-refractivity contribution in [1.82, 2.24) is 10.6 Å². The molecule has 2 aliphatic heterocycles. The fraction of sp³-hybridized carbons (Fsp3) is 0.333. The van der Waals surface area contributed by atoms with E-state index in [1.807, 2.05) is 0 Å². The number of amides is 4. The number of hydrogen-bond donors (Lipinski definition) is 3. The minimum Gasteiger partial charge on any atom is -0.481 e. The highest BCUT2D eigenvalue weighted by atomic mass is 35.5. The smallest absolute Gasteiger partial charge is 0.321 e. The summed E-state index contributed by atoms with van der Waals surface area (Å²) in [4.78, 5) is 26.1. The van der Waals surface area contributed by atoms with E-state index < -0.39 is 24.1 Å². The zero-order chi connectivity index (χ0) is 22.3. The van der Waals surface area contributed by atoms with E-state index in [9.17, 15) is 18.4 Å². The van der Waals surface area contributed by atoms with Crippen molar-refractivity contribution in [3.8, 4) is 5.75 Å². The van der Waals surface area contributed by atoms with E-state index in [0.717, 1.165) is 5.56 Å². The largest absolute Gasteiger partial charge is 0.481 e. The molecule has 2 atom stereocenters. The van der Waals surface area contributed by atoms with Crippen molar-refractivity contribution in [3.63, 3.8) is 0 Å². The number of fused-ring (bicyclic) bond motifs is 2. The number of benzene rings is 2. The second-order valence-electron chi connectivity index (χ2n) is 7.77. The van der Waals surface area contributed by atoms with Gasteiger partial charge in [-0.15, -0.1) is 0 Å². The molecule has 31 heavy (non-hydrogen) atoms. The summed E-state index contributed by atoms with van der Waals surface area (Å²) in [5.74, 6) is 0.216. The molecule has 0 aliphatic carbocycles. The highest BCUT2D eigenvalue weighted by Gasteiger charge is 2.45. The molecule has 2 aromatic carbocycles. The number of ether oxygens (including phenoxy) is 1. The van der Waals surface area contributed by atoms with Gasteiger partial charge in [0.25, 0.3) is 6.43 Å². The lowest BCUT2D eigenvalue weighted by Crippen LogP contribution is -2.48. The Hall–Kier alpha value is -3.07. The normalized spacial score (nSPS) is 22.2. The molecule has 4 rings (SSSR count). The minimum absolute atomic E-state index is 0.113. The van der Waals surface area contributed by atoms with Gasteiger partial charge in [-0.1, -0.05) is 23.7 Å². The molecule has 3 N–H and O–H groups in total. The third kappa shape index (κ3) is 3.97. The maximum absolute atomic E-state index is 13.7. The van der Waals surface area contributed by atoms with Crippen LogP contribution in [0.1, 0.15) is 30.5 Å². The summed E-state index contributed by atoms with van der Waals surface area (Å²) in [6, 6.07) is 8.46. The molecule has 2 heterocycles. The van der Waals surface area contributed by atoms with Crippen LogP contribution >= 0.6 is 11.6 Å². The molecular weight excluding hydrogens is 430 g/mol. The maximum atomic E-state index is 13.7. The van der Waals surface area contributed by atoms with Crippen LogP contribution in [0.2, 0.25) is 5.02 Å². The Labute approximate surface area is 182 Å². The lowest BCUT2D eigenvalue weighted by molar-refractivity contribution is -0.0824. The van der Waals surface area contributed by atoms with Crippen molar-refractivity contribution >= 4 is 35.0 Å². The van der Waals surface area contributed by atoms with Gasteiger partial charge in [0.1, 0.15) is 5.75 Å². The van der Waals surface area contributed by atoms with Crippen molar-refractivity contribution in [1.29, 1.82) is 0 Å². The van der Waals surface area contributed by atoms with Crippen molar-refractivity contribution < 1.29 is 23.1 Å². The monoisotopic (exact) mass is 450 g/mol. The first-order valence-corrected chi connectivity index (χ1v) is 10.0. The van der Waals surface area contributed by atoms with Gasteiger partial charge in [-0.25, -0.2) is 18.4 Å². The number of anilines is 2. The van der Waals surface area contributed by atoms with Crippen molar-refractivity contribution in [3.05, 3.63) is 52.5 Å². The van der Waals surface area contributed by atoms with Gasteiger partial charge in [-0.3, -0.25) is 4.90 Å². The van der Waals surface area contributed by atoms with Gasteiger partial charge in [0.05, 0.1) is 11.7 Å². The van der Waals surface area contributed by atoms with Crippen molar-refractivity contribution in [2.45, 2.75) is 38.0 Å². The number of nitrogens with one attached hydrogen (secondary N) is 3. The molecular formula is C21H21ClF2N4O3. The molecule has 2 aromatic rings. The predicted octanol–water partition coefficient (Wildman–Crippen LogP) is 4.67. The van der Waals surface area contributed by atoms with Crippen LogP contribution in [0.5, 0.6) is 5.75 Å². The Morgan fingerprint density at radius 2 is 2.13 bits per heavy atom. The van der Waals surface area contributed by atoms with Crippen LogP contribution in [0.15, 0.2) is 36.4 Å². The summed E-state index contributed by atoms with van der Waals surface area (Å²) >= 11 is 6.00. The van der Waals surface area contributed by atoms with E-state index in [1.54, 1.807) is 37.4 Å². The summed E-state index contributed by atoms with van der Waals surface area (Å²) in [5, 5.41) is 8.62. The third-order valence-electron chi connectivity index (χ3n) is 5.55. The first kappa shape index (κ1) is 21.2. The molecule has 7 nitrogen and oxygen atoms in total. The van der Waals surface area contributed by atoms with Gasteiger partial charge in [-0.2, -0.15) is 0 Å². The number of urea groups is 2. The lowest BCUT2D eigenvalue weighted by atomic mass is 9.88. The van der Waals surface area contributed by atoms with Crippen LogP contribution in [0, 0.1) is 0 Å². The maximum Gasteiger partial charge on any atom is 0.321 e. The van der Waals surface area contributed by atoms with E-state index in [4.69, 9.17) is 16.3 Å². The summed E-state index contributed by atoms with van der Waals surface area (Å²) in [6.07, 6.45) is -2.87. The summed E-state index contributed by atoms with van der Waals surface area (Å²) in [5.41, 5.74) is 0.741. The molecule has 0 saturated carbocycles. The fourth-order valence-electron chi connectivity index (χ4n) is 3.86. The predicted molar refractivity (Wildman–Crippen MR) is 113 cm³/mol. The third-order valence-corrected chi connectivity index (χ3v) is 5.79. The number of nitrogens with zero attached hydrogens (tertiary/aromatic N) is 1. The van der Waals surface area contributed by atoms with Crippen molar-refractivity contribution in [2.75, 3.05) is 17.3 Å². The molecule has 0 spiro atoms. The van der Waals surface area contributed by atoms with Gasteiger partial charge in [0.15, 0.2) is 5.60 Å². The number of rotatable bonds is 3. The van der Waals surface area contributed by atoms with Crippen LogP contribution in [0.25, 0.3) is 0 Å². The number of carbonyl (C=O) groups is 2. The Morgan fingerprint density at radius 3 is 2.87 bits per heavy atom. The molecule has 0 radical (unpaired) electrons. The van der Waals surface area contributed by atoms with Gasteiger partial charge in [-0.05, 0) is 31.2 Å². The Bertz CT molecular complexity index is 1050. The molecule has 0 fully saturated rings. The van der Waals surface area contributed by atoms with Crippen molar-refractivity contribution in [2.24, 2.45) is 0 Å². The molecule has 10 heteroatoms. The average Bonchev–Trinajstić information content (AvgIpc) is 2.70. The lowest BCUT2D eigenvalue weighted by Gasteiger charge is -2.39. The molecule has 0 saturated heterocycles. The van der Waals surface area contributed by atoms with Gasteiger partial charge in [0, 0.05) is 41.9 Å². The number of alkyl halides is 2. The van der Waals surface area contributed by atoms with Gasteiger partial charge in [0.2, 0.25) is 0 Å². The average molecular weight is 451 g/mol. The molecule has 0 unspecified atom stereocenters. The minimum atomic E-state index is -2.76. The van der Waals surface area contributed by atoms with Crippen LogP contribution < -0.4 is 25.6 Å². The second-order valence-corrected chi connectivity index (χ2v) is 8.21. The zero-order valence-corrected chi connectivity index (χ0v) is 17.6. The summed E-state index contributed by atoms with van der Waals surface area (Å²) < 4.78 is 32.9. The molecule has 4 amide bonds. The topological polar surface area (TPSA) is 82.7 Å². The number of carbonyl (C=O) groups excluding carboxylic acids is 2. The molecule has 164 valence electrons. The highest BCUT2D eigenvalue weighted by Crippen LogP contribution is 2.43. The Balaban J connectivity index is 1.57. The fourth-order valence-corrected chi connectivity index (χ4v) is 4.02. The van der Waals surface area contributed by atoms with Gasteiger partial charge < -0.3 is 20.7 Å². The van der Waals surface area contributed by atoms with E-state index in [1.165, 1.54) is 17.9 Å². The van der Waals surface area contributed by atoms with E-state index in [-0.39, 0.29) is 24.7 Å². The van der Waals surface area contributed by atoms with Crippen LogP contribution in [-0.4, -0.2) is 31.1 Å². The molecule has 0 bridgehead atoms. The standard InChI is InChI=1S/C21H21ClF2N4O3/c1-21(18(23)24)9-15(12-7-6-11(22)8-17(12)31-21)27-19(29)26-14-4-3-5-16-13(14)10-25-20(30)28(16)2/h3-8,15,18H,9-10H2,1-2H3,(H,25,30)(H2,26,27,29)/t15-,21-/m1/s1. The molecule has 2 aliphatic rings. The number of hydrogen-bond acceptors (Lipinski definition) is 3. The Kier molecular flexibility index (Phi) is 5.38. The van der Waals surface area contributed by atoms with E-state index >= 15 is 0 Å². The van der Waals surface area contributed by atoms with Crippen LogP contribution in [-0.2, 0) is 6.54 Å². The summed E-state index contributed by atoms with van der Waals surface area (Å²) in [7, 11) is 1.63. The van der Waals surface area contributed by atoms with Crippen LogP contribution in [0.3, 0.4) is 0 Å². The van der Waals surface area contributed by atoms with Gasteiger partial charge >= 0.3 is 12.1 Å². The van der Waals surface area contributed by atoms with E-state index in [0.29, 0.717) is 22.0 Å². The first-order chi connectivity index (χ1) is 14.7.